The van der Waals surface area contributed by atoms with Crippen molar-refractivity contribution in [2.45, 2.75) is 19.3 Å². The quantitative estimate of drug-likeness (QED) is 0.845. The lowest BCUT2D eigenvalue weighted by atomic mass is 10.0. The number of nitrogen functional groups attached to an aromatic ring is 1. The van der Waals surface area contributed by atoms with E-state index in [9.17, 15) is 0 Å². The molecule has 2 aliphatic rings. The number of nitrogens with zero attached hydrogens (tertiary/aromatic N) is 1. The first-order valence-corrected chi connectivity index (χ1v) is 8.12. The van der Waals surface area contributed by atoms with E-state index in [2.05, 4.69) is 10.3 Å². The van der Waals surface area contributed by atoms with Crippen LogP contribution < -0.4 is 11.1 Å². The molecule has 1 saturated heterocycles. The van der Waals surface area contributed by atoms with Crippen molar-refractivity contribution in [3.8, 4) is 10.4 Å². The van der Waals surface area contributed by atoms with Gasteiger partial charge >= 0.3 is 0 Å². The summed E-state index contributed by atoms with van der Waals surface area (Å²) in [5.74, 6) is 2.13. The van der Waals surface area contributed by atoms with Crippen molar-refractivity contribution in [2.75, 3.05) is 18.8 Å². The standard InChI is InChI=1S/C9H8N2S.C7H13N/c10-9-11-6-8(12-9)7-4-2-1-3-5-7;1-2-6-4-8-5-7(6)3-1/h1-6H,(H2,10,11);6-8H,1-5H2. The fraction of sp³-hybridized carbons (Fsp3) is 0.438. The molecule has 0 spiro atoms. The van der Waals surface area contributed by atoms with E-state index in [0.29, 0.717) is 5.13 Å². The number of benzene rings is 1. The molecule has 2 aromatic rings. The summed E-state index contributed by atoms with van der Waals surface area (Å²) in [6, 6.07) is 10.1. The van der Waals surface area contributed by atoms with E-state index in [4.69, 9.17) is 5.73 Å². The Hall–Kier alpha value is -1.39. The Balaban J connectivity index is 0.000000131. The number of fused-ring (bicyclic) bond motifs is 1. The number of hydrogen-bond acceptors (Lipinski definition) is 4. The van der Waals surface area contributed by atoms with Crippen LogP contribution in [0.5, 0.6) is 0 Å². The van der Waals surface area contributed by atoms with Crippen LogP contribution in [-0.2, 0) is 0 Å². The molecule has 2 fully saturated rings. The van der Waals surface area contributed by atoms with Crippen molar-refractivity contribution in [2.24, 2.45) is 11.8 Å². The second-order valence-electron chi connectivity index (χ2n) is 5.54. The molecule has 1 aromatic carbocycles. The summed E-state index contributed by atoms with van der Waals surface area (Å²) < 4.78 is 0. The molecule has 2 atom stereocenters. The number of nitrogens with one attached hydrogen (secondary N) is 1. The summed E-state index contributed by atoms with van der Waals surface area (Å²) in [7, 11) is 0. The summed E-state index contributed by atoms with van der Waals surface area (Å²) in [4.78, 5) is 5.11. The molecule has 2 unspecified atom stereocenters. The Morgan fingerprint density at radius 2 is 1.80 bits per heavy atom. The molecule has 4 heteroatoms. The predicted octanol–water partition coefficient (Wildman–Crippen LogP) is 3.40. The lowest BCUT2D eigenvalue weighted by molar-refractivity contribution is 0.494. The average Bonchev–Trinajstić information content (AvgIpc) is 3.16. The number of hydrogen-bond donors (Lipinski definition) is 2. The van der Waals surface area contributed by atoms with Gasteiger partial charge in [0.25, 0.3) is 0 Å². The minimum atomic E-state index is 0.619. The number of aromatic nitrogens is 1. The van der Waals surface area contributed by atoms with Crippen molar-refractivity contribution in [3.63, 3.8) is 0 Å². The smallest absolute Gasteiger partial charge is 0.180 e. The van der Waals surface area contributed by atoms with Crippen molar-refractivity contribution < 1.29 is 0 Å². The molecule has 4 rings (SSSR count). The van der Waals surface area contributed by atoms with Gasteiger partial charge in [0.2, 0.25) is 0 Å². The van der Waals surface area contributed by atoms with Crippen LogP contribution in [0, 0.1) is 11.8 Å². The second kappa shape index (κ2) is 6.37. The lowest BCUT2D eigenvalue weighted by Crippen LogP contribution is -2.08. The minimum Gasteiger partial charge on any atom is -0.375 e. The van der Waals surface area contributed by atoms with Gasteiger partial charge in [-0.3, -0.25) is 0 Å². The Kier molecular flexibility index (Phi) is 4.33. The van der Waals surface area contributed by atoms with Crippen LogP contribution >= 0.6 is 11.3 Å². The summed E-state index contributed by atoms with van der Waals surface area (Å²) >= 11 is 1.51. The van der Waals surface area contributed by atoms with E-state index in [1.807, 2.05) is 30.3 Å². The topological polar surface area (TPSA) is 50.9 Å². The third kappa shape index (κ3) is 3.19. The Morgan fingerprint density at radius 1 is 1.10 bits per heavy atom. The second-order valence-corrected chi connectivity index (χ2v) is 6.60. The van der Waals surface area contributed by atoms with Gasteiger partial charge in [-0.1, -0.05) is 48.1 Å². The molecule has 1 aliphatic heterocycles. The molecule has 106 valence electrons. The van der Waals surface area contributed by atoms with Crippen LogP contribution in [0.15, 0.2) is 36.5 Å². The highest BCUT2D eigenvalue weighted by molar-refractivity contribution is 7.18. The molecule has 1 aliphatic carbocycles. The monoisotopic (exact) mass is 287 g/mol. The largest absolute Gasteiger partial charge is 0.375 e. The zero-order valence-electron chi connectivity index (χ0n) is 11.6. The molecule has 0 radical (unpaired) electrons. The van der Waals surface area contributed by atoms with Crippen LogP contribution in [0.1, 0.15) is 19.3 Å². The van der Waals surface area contributed by atoms with Crippen LogP contribution in [0.2, 0.25) is 0 Å². The number of rotatable bonds is 1. The third-order valence-corrected chi connectivity index (χ3v) is 5.09. The van der Waals surface area contributed by atoms with E-state index in [1.54, 1.807) is 6.20 Å². The first kappa shape index (κ1) is 13.6. The van der Waals surface area contributed by atoms with Gasteiger partial charge in [-0.05, 0) is 43.3 Å². The molecule has 3 N–H and O–H groups in total. The van der Waals surface area contributed by atoms with Crippen molar-refractivity contribution in [3.05, 3.63) is 36.5 Å². The lowest BCUT2D eigenvalue weighted by Gasteiger charge is -2.02. The van der Waals surface area contributed by atoms with Gasteiger partial charge in [-0.15, -0.1) is 0 Å². The van der Waals surface area contributed by atoms with E-state index in [-0.39, 0.29) is 0 Å². The van der Waals surface area contributed by atoms with Gasteiger partial charge in [0.1, 0.15) is 0 Å². The molecular formula is C16H21N3S. The van der Waals surface area contributed by atoms with Gasteiger partial charge in [-0.2, -0.15) is 0 Å². The average molecular weight is 287 g/mol. The van der Waals surface area contributed by atoms with Gasteiger partial charge in [-0.25, -0.2) is 4.98 Å². The Bertz CT molecular complexity index is 518. The summed E-state index contributed by atoms with van der Waals surface area (Å²) in [6.07, 6.45) is 6.29. The van der Waals surface area contributed by atoms with Crippen LogP contribution in [0.25, 0.3) is 10.4 Å². The molecule has 2 heterocycles. The van der Waals surface area contributed by atoms with E-state index >= 15 is 0 Å². The highest BCUT2D eigenvalue weighted by atomic mass is 32.1. The zero-order valence-corrected chi connectivity index (χ0v) is 12.4. The molecule has 0 bridgehead atoms. The highest BCUT2D eigenvalue weighted by Gasteiger charge is 2.30. The van der Waals surface area contributed by atoms with E-state index in [1.165, 1.54) is 49.3 Å². The number of anilines is 1. The van der Waals surface area contributed by atoms with Gasteiger partial charge in [0.05, 0.1) is 4.88 Å². The molecule has 0 amide bonds. The molecule has 20 heavy (non-hydrogen) atoms. The molecular weight excluding hydrogens is 266 g/mol. The molecule has 3 nitrogen and oxygen atoms in total. The molecule has 1 saturated carbocycles. The van der Waals surface area contributed by atoms with Gasteiger partial charge in [0, 0.05) is 6.20 Å². The Labute approximate surface area is 124 Å². The maximum Gasteiger partial charge on any atom is 0.180 e. The van der Waals surface area contributed by atoms with Gasteiger partial charge < -0.3 is 11.1 Å². The molecule has 1 aromatic heterocycles. The van der Waals surface area contributed by atoms with Crippen LogP contribution in [0.3, 0.4) is 0 Å². The summed E-state index contributed by atoms with van der Waals surface area (Å²) in [5, 5.41) is 4.04. The predicted molar refractivity (Wildman–Crippen MR) is 85.7 cm³/mol. The van der Waals surface area contributed by atoms with E-state index < -0.39 is 0 Å². The zero-order chi connectivity index (χ0) is 13.8. The van der Waals surface area contributed by atoms with Gasteiger partial charge in [0.15, 0.2) is 5.13 Å². The summed E-state index contributed by atoms with van der Waals surface area (Å²) in [6.45, 7) is 2.62. The third-order valence-electron chi connectivity index (χ3n) is 4.21. The first-order valence-electron chi connectivity index (χ1n) is 7.30. The summed E-state index contributed by atoms with van der Waals surface area (Å²) in [5.41, 5.74) is 6.70. The maximum absolute atomic E-state index is 5.52. The van der Waals surface area contributed by atoms with Crippen molar-refractivity contribution in [1.82, 2.24) is 10.3 Å². The van der Waals surface area contributed by atoms with E-state index in [0.717, 1.165) is 16.7 Å². The van der Waals surface area contributed by atoms with Crippen LogP contribution in [-0.4, -0.2) is 18.1 Å². The normalized spacial score (nSPS) is 24.0. The number of nitrogens with two attached hydrogens (primary N) is 1. The fourth-order valence-corrected chi connectivity index (χ4v) is 3.82. The number of thiazole rings is 1. The fourth-order valence-electron chi connectivity index (χ4n) is 3.13. The highest BCUT2D eigenvalue weighted by Crippen LogP contribution is 2.33. The van der Waals surface area contributed by atoms with Crippen LogP contribution in [0.4, 0.5) is 5.13 Å². The first-order chi connectivity index (χ1) is 9.83. The maximum atomic E-state index is 5.52. The van der Waals surface area contributed by atoms with Crippen molar-refractivity contribution >= 4 is 16.5 Å². The SMILES string of the molecule is C1CC2CNCC2C1.Nc1ncc(-c2ccccc2)s1. The van der Waals surface area contributed by atoms with Crippen molar-refractivity contribution in [1.29, 1.82) is 0 Å². The Morgan fingerprint density at radius 3 is 2.40 bits per heavy atom. The minimum absolute atomic E-state index is 0.619.